The molecule has 0 aromatic rings. The molecule has 74 valence electrons. The van der Waals surface area contributed by atoms with Crippen LogP contribution in [0, 0.1) is 5.92 Å². The first-order valence-electron chi connectivity index (χ1n) is 4.74. The van der Waals surface area contributed by atoms with Gasteiger partial charge in [0.2, 0.25) is 0 Å². The van der Waals surface area contributed by atoms with Crippen LogP contribution in [0.2, 0.25) is 0 Å². The number of esters is 1. The van der Waals surface area contributed by atoms with E-state index in [-0.39, 0.29) is 17.9 Å². The molecule has 1 aliphatic carbocycles. The first kappa shape index (κ1) is 10.3. The van der Waals surface area contributed by atoms with Gasteiger partial charge in [-0.25, -0.2) is 0 Å². The molecule has 1 rings (SSSR count). The molecule has 0 saturated heterocycles. The lowest BCUT2D eigenvalue weighted by atomic mass is 9.90. The van der Waals surface area contributed by atoms with Crippen molar-refractivity contribution in [3.63, 3.8) is 0 Å². The van der Waals surface area contributed by atoms with Crippen LogP contribution < -0.4 is 5.73 Å². The fourth-order valence-electron chi connectivity index (χ4n) is 1.66. The number of methoxy groups -OCH3 is 1. The van der Waals surface area contributed by atoms with Gasteiger partial charge in [0.25, 0.3) is 0 Å². The summed E-state index contributed by atoms with van der Waals surface area (Å²) in [5.74, 6) is -0.280. The highest BCUT2D eigenvalue weighted by molar-refractivity contribution is 5.73. The van der Waals surface area contributed by atoms with Gasteiger partial charge in [0.15, 0.2) is 0 Å². The van der Waals surface area contributed by atoms with Crippen LogP contribution in [0.5, 0.6) is 0 Å². The number of carbonyl (C=O) groups excluding carboxylic acids is 1. The van der Waals surface area contributed by atoms with Crippen LogP contribution in [0.3, 0.4) is 0 Å². The maximum Gasteiger partial charge on any atom is 0.310 e. The molecular weight excluding hydrogens is 166 g/mol. The number of hydrogen-bond donors (Lipinski definition) is 1. The van der Waals surface area contributed by atoms with Crippen molar-refractivity contribution in [2.75, 3.05) is 7.11 Å². The zero-order valence-corrected chi connectivity index (χ0v) is 8.03. The van der Waals surface area contributed by atoms with Crippen molar-refractivity contribution in [3.05, 3.63) is 12.2 Å². The molecule has 0 aliphatic heterocycles. The van der Waals surface area contributed by atoms with Gasteiger partial charge in [-0.05, 0) is 25.7 Å². The van der Waals surface area contributed by atoms with Crippen LogP contribution in [0.25, 0.3) is 0 Å². The number of carbonyl (C=O) groups is 1. The molecule has 0 bridgehead atoms. The van der Waals surface area contributed by atoms with E-state index in [4.69, 9.17) is 10.5 Å². The Bertz CT molecular complexity index is 201. The number of ether oxygens (including phenoxy) is 1. The average Bonchev–Trinajstić information content (AvgIpc) is 2.11. The Morgan fingerprint density at radius 2 is 2.00 bits per heavy atom. The van der Waals surface area contributed by atoms with Gasteiger partial charge >= 0.3 is 5.97 Å². The number of rotatable bonds is 1. The number of hydrogen-bond acceptors (Lipinski definition) is 3. The summed E-state index contributed by atoms with van der Waals surface area (Å²) in [4.78, 5) is 11.3. The highest BCUT2D eigenvalue weighted by Gasteiger charge is 2.25. The summed E-state index contributed by atoms with van der Waals surface area (Å²) in [5, 5.41) is 0. The van der Waals surface area contributed by atoms with Crippen molar-refractivity contribution in [2.24, 2.45) is 11.7 Å². The Morgan fingerprint density at radius 1 is 1.38 bits per heavy atom. The van der Waals surface area contributed by atoms with E-state index in [1.165, 1.54) is 7.11 Å². The summed E-state index contributed by atoms with van der Waals surface area (Å²) in [6.45, 7) is 0. The van der Waals surface area contributed by atoms with E-state index in [2.05, 4.69) is 12.2 Å². The predicted octanol–water partition coefficient (Wildman–Crippen LogP) is 1.23. The third-order valence-electron chi connectivity index (χ3n) is 2.50. The fourth-order valence-corrected chi connectivity index (χ4v) is 1.66. The molecule has 0 heterocycles. The Morgan fingerprint density at radius 3 is 2.62 bits per heavy atom. The van der Waals surface area contributed by atoms with Crippen LogP contribution >= 0.6 is 0 Å². The number of nitrogens with two attached hydrogens (primary N) is 1. The van der Waals surface area contributed by atoms with E-state index >= 15 is 0 Å². The van der Waals surface area contributed by atoms with Gasteiger partial charge in [0, 0.05) is 6.04 Å². The molecule has 2 atom stereocenters. The minimum absolute atomic E-state index is 0.0441. The summed E-state index contributed by atoms with van der Waals surface area (Å²) in [6.07, 6.45) is 7.82. The van der Waals surface area contributed by atoms with Gasteiger partial charge in [-0.1, -0.05) is 12.2 Å². The molecule has 1 aliphatic rings. The molecule has 0 aromatic carbocycles. The maximum atomic E-state index is 11.3. The molecule has 0 unspecified atom stereocenters. The zero-order chi connectivity index (χ0) is 9.68. The fraction of sp³-hybridized carbons (Fsp3) is 0.700. The minimum Gasteiger partial charge on any atom is -0.469 e. The normalized spacial score (nSPS) is 31.5. The Hall–Kier alpha value is -0.830. The van der Waals surface area contributed by atoms with Crippen LogP contribution in [-0.4, -0.2) is 19.1 Å². The molecule has 3 nitrogen and oxygen atoms in total. The van der Waals surface area contributed by atoms with E-state index in [1.807, 2.05) is 0 Å². The summed E-state index contributed by atoms with van der Waals surface area (Å²) in [7, 11) is 1.42. The molecule has 0 fully saturated rings. The predicted molar refractivity (Wildman–Crippen MR) is 51.1 cm³/mol. The van der Waals surface area contributed by atoms with Crippen molar-refractivity contribution in [1.29, 1.82) is 0 Å². The SMILES string of the molecule is COC(=O)[C@@H]1CC/C=C\CC[C@@H]1N. The Balaban J connectivity index is 2.58. The smallest absolute Gasteiger partial charge is 0.310 e. The molecular formula is C10H17NO2. The van der Waals surface area contributed by atoms with Crippen molar-refractivity contribution < 1.29 is 9.53 Å². The summed E-state index contributed by atoms with van der Waals surface area (Å²) in [5.41, 5.74) is 5.89. The molecule has 0 amide bonds. The second-order valence-corrected chi connectivity index (χ2v) is 3.42. The van der Waals surface area contributed by atoms with Gasteiger partial charge < -0.3 is 10.5 Å². The van der Waals surface area contributed by atoms with Crippen LogP contribution in [-0.2, 0) is 9.53 Å². The lowest BCUT2D eigenvalue weighted by Crippen LogP contribution is -2.36. The van der Waals surface area contributed by atoms with Gasteiger partial charge in [-0.2, -0.15) is 0 Å². The third-order valence-corrected chi connectivity index (χ3v) is 2.50. The molecule has 0 radical (unpaired) electrons. The monoisotopic (exact) mass is 183 g/mol. The van der Waals surface area contributed by atoms with Crippen molar-refractivity contribution in [1.82, 2.24) is 0 Å². The zero-order valence-electron chi connectivity index (χ0n) is 8.03. The molecule has 0 saturated carbocycles. The lowest BCUT2D eigenvalue weighted by Gasteiger charge is -2.21. The van der Waals surface area contributed by atoms with Gasteiger partial charge in [0.05, 0.1) is 13.0 Å². The second-order valence-electron chi connectivity index (χ2n) is 3.42. The Labute approximate surface area is 78.9 Å². The molecule has 0 spiro atoms. The van der Waals surface area contributed by atoms with E-state index in [1.54, 1.807) is 0 Å². The van der Waals surface area contributed by atoms with Crippen molar-refractivity contribution in [3.8, 4) is 0 Å². The highest BCUT2D eigenvalue weighted by Crippen LogP contribution is 2.18. The lowest BCUT2D eigenvalue weighted by molar-refractivity contribution is -0.146. The topological polar surface area (TPSA) is 52.3 Å². The minimum atomic E-state index is -0.164. The summed E-state index contributed by atoms with van der Waals surface area (Å²) < 4.78 is 4.71. The van der Waals surface area contributed by atoms with E-state index < -0.39 is 0 Å². The van der Waals surface area contributed by atoms with Gasteiger partial charge in [-0.3, -0.25) is 4.79 Å². The van der Waals surface area contributed by atoms with Gasteiger partial charge in [-0.15, -0.1) is 0 Å². The molecule has 0 aromatic heterocycles. The molecule has 2 N–H and O–H groups in total. The van der Waals surface area contributed by atoms with Crippen LogP contribution in [0.15, 0.2) is 12.2 Å². The van der Waals surface area contributed by atoms with Crippen molar-refractivity contribution in [2.45, 2.75) is 31.7 Å². The molecule has 13 heavy (non-hydrogen) atoms. The summed E-state index contributed by atoms with van der Waals surface area (Å²) in [6, 6.07) is -0.0441. The third kappa shape index (κ3) is 2.84. The van der Waals surface area contributed by atoms with E-state index in [0.717, 1.165) is 25.7 Å². The second kappa shape index (κ2) is 5.02. The molecule has 3 heteroatoms. The largest absolute Gasteiger partial charge is 0.469 e. The maximum absolute atomic E-state index is 11.3. The van der Waals surface area contributed by atoms with Gasteiger partial charge in [0.1, 0.15) is 0 Å². The first-order chi connectivity index (χ1) is 6.25. The van der Waals surface area contributed by atoms with E-state index in [9.17, 15) is 4.79 Å². The van der Waals surface area contributed by atoms with Crippen LogP contribution in [0.1, 0.15) is 25.7 Å². The highest BCUT2D eigenvalue weighted by atomic mass is 16.5. The van der Waals surface area contributed by atoms with Crippen LogP contribution in [0.4, 0.5) is 0 Å². The quantitative estimate of drug-likeness (QED) is 0.491. The number of allylic oxidation sites excluding steroid dienone is 2. The standard InChI is InChI=1S/C10H17NO2/c1-13-10(12)8-6-4-2-3-5-7-9(8)11/h2-3,8-9H,4-7,11H2,1H3/b3-2-/t8-,9+/m1/s1. The summed E-state index contributed by atoms with van der Waals surface area (Å²) >= 11 is 0. The van der Waals surface area contributed by atoms with E-state index in [0.29, 0.717) is 0 Å². The average molecular weight is 183 g/mol. The first-order valence-corrected chi connectivity index (χ1v) is 4.74. The van der Waals surface area contributed by atoms with Crippen molar-refractivity contribution >= 4 is 5.97 Å². The Kier molecular flexibility index (Phi) is 3.96.